The van der Waals surface area contributed by atoms with Crippen molar-refractivity contribution < 1.29 is 14.6 Å². The Labute approximate surface area is 124 Å². The molecule has 0 radical (unpaired) electrons. The second-order valence-electron chi connectivity index (χ2n) is 5.88. The van der Waals surface area contributed by atoms with Gasteiger partial charge in [0, 0.05) is 20.3 Å². The van der Waals surface area contributed by atoms with Crippen LogP contribution in [0.3, 0.4) is 0 Å². The molecular formula is C16H33NO3. The van der Waals surface area contributed by atoms with Gasteiger partial charge in [0.15, 0.2) is 0 Å². The normalized spacial score (nSPS) is 24.8. The topological polar surface area (TPSA) is 50.7 Å². The summed E-state index contributed by atoms with van der Waals surface area (Å²) in [5, 5.41) is 13.2. The number of aliphatic hydroxyl groups is 1. The highest BCUT2D eigenvalue weighted by Crippen LogP contribution is 2.29. The Bertz CT molecular complexity index is 226. The number of nitrogens with one attached hydrogen (secondary N) is 1. The van der Waals surface area contributed by atoms with Crippen LogP contribution in [0.1, 0.15) is 51.9 Å². The predicted molar refractivity (Wildman–Crippen MR) is 82.0 cm³/mol. The molecule has 3 unspecified atom stereocenters. The summed E-state index contributed by atoms with van der Waals surface area (Å²) in [7, 11) is 1.73. The Morgan fingerprint density at radius 1 is 1.25 bits per heavy atom. The molecular weight excluding hydrogens is 254 g/mol. The van der Waals surface area contributed by atoms with E-state index in [1.54, 1.807) is 7.11 Å². The van der Waals surface area contributed by atoms with Gasteiger partial charge in [-0.25, -0.2) is 0 Å². The average molecular weight is 287 g/mol. The third-order valence-corrected chi connectivity index (χ3v) is 4.20. The summed E-state index contributed by atoms with van der Waals surface area (Å²) in [5.74, 6) is 0.693. The predicted octanol–water partition coefficient (Wildman–Crippen LogP) is 2.35. The van der Waals surface area contributed by atoms with Crippen LogP contribution in [0.15, 0.2) is 0 Å². The summed E-state index contributed by atoms with van der Waals surface area (Å²) in [6.07, 6.45) is 8.38. The Morgan fingerprint density at radius 2 is 2.05 bits per heavy atom. The molecule has 0 aromatic heterocycles. The monoisotopic (exact) mass is 287 g/mol. The van der Waals surface area contributed by atoms with Crippen molar-refractivity contribution in [2.24, 2.45) is 5.92 Å². The van der Waals surface area contributed by atoms with E-state index in [4.69, 9.17) is 9.47 Å². The minimum atomic E-state index is -0.392. The average Bonchev–Trinajstić information content (AvgIpc) is 2.49. The van der Waals surface area contributed by atoms with Gasteiger partial charge in [-0.05, 0) is 38.1 Å². The summed E-state index contributed by atoms with van der Waals surface area (Å²) < 4.78 is 10.9. The molecule has 0 saturated heterocycles. The van der Waals surface area contributed by atoms with Crippen molar-refractivity contribution in [2.45, 2.75) is 64.1 Å². The summed E-state index contributed by atoms with van der Waals surface area (Å²) in [6, 6.07) is 0. The van der Waals surface area contributed by atoms with Gasteiger partial charge >= 0.3 is 0 Å². The fourth-order valence-electron chi connectivity index (χ4n) is 2.92. The number of aliphatic hydroxyl groups excluding tert-OH is 1. The highest BCUT2D eigenvalue weighted by atomic mass is 16.5. The van der Waals surface area contributed by atoms with Crippen LogP contribution in [-0.2, 0) is 9.47 Å². The molecule has 1 saturated carbocycles. The summed E-state index contributed by atoms with van der Waals surface area (Å²) in [6.45, 7) is 5.07. The molecule has 0 aliphatic heterocycles. The molecule has 0 amide bonds. The van der Waals surface area contributed by atoms with Crippen LogP contribution in [0.2, 0.25) is 0 Å². The van der Waals surface area contributed by atoms with Gasteiger partial charge in [0.25, 0.3) is 0 Å². The number of unbranched alkanes of at least 4 members (excludes halogenated alkanes) is 1. The highest BCUT2D eigenvalue weighted by molar-refractivity contribution is 4.75. The first kappa shape index (κ1) is 17.9. The largest absolute Gasteiger partial charge is 0.389 e. The third kappa shape index (κ3) is 7.58. The van der Waals surface area contributed by atoms with Gasteiger partial charge in [-0.3, -0.25) is 0 Å². The zero-order chi connectivity index (χ0) is 14.6. The molecule has 1 fully saturated rings. The molecule has 0 spiro atoms. The van der Waals surface area contributed by atoms with Crippen LogP contribution in [0.25, 0.3) is 0 Å². The quantitative estimate of drug-likeness (QED) is 0.573. The van der Waals surface area contributed by atoms with E-state index in [1.165, 1.54) is 25.7 Å². The van der Waals surface area contributed by atoms with Crippen molar-refractivity contribution in [3.8, 4) is 0 Å². The van der Waals surface area contributed by atoms with Crippen LogP contribution in [0.4, 0.5) is 0 Å². The fourth-order valence-corrected chi connectivity index (χ4v) is 2.92. The molecule has 20 heavy (non-hydrogen) atoms. The molecule has 1 aliphatic carbocycles. The van der Waals surface area contributed by atoms with Crippen molar-refractivity contribution in [3.63, 3.8) is 0 Å². The molecule has 2 N–H and O–H groups in total. The maximum atomic E-state index is 9.93. The number of methoxy groups -OCH3 is 1. The minimum Gasteiger partial charge on any atom is -0.389 e. The van der Waals surface area contributed by atoms with Crippen molar-refractivity contribution >= 4 is 0 Å². The number of ether oxygens (including phenoxy) is 2. The standard InChI is InChI=1S/C16H33NO3/c1-3-14-8-4-5-9-16(14)20-13-15(18)12-17-10-6-7-11-19-2/h14-18H,3-13H2,1-2H3. The minimum absolute atomic E-state index is 0.366. The molecule has 1 aliphatic rings. The van der Waals surface area contributed by atoms with E-state index in [9.17, 15) is 5.11 Å². The van der Waals surface area contributed by atoms with Crippen LogP contribution in [-0.4, -0.2) is 50.7 Å². The van der Waals surface area contributed by atoms with Gasteiger partial charge in [0.2, 0.25) is 0 Å². The van der Waals surface area contributed by atoms with Crippen LogP contribution in [0.5, 0.6) is 0 Å². The smallest absolute Gasteiger partial charge is 0.0897 e. The van der Waals surface area contributed by atoms with Crippen LogP contribution in [0, 0.1) is 5.92 Å². The lowest BCUT2D eigenvalue weighted by Crippen LogP contribution is -2.35. The van der Waals surface area contributed by atoms with Crippen molar-refractivity contribution in [2.75, 3.05) is 33.4 Å². The first-order valence-corrected chi connectivity index (χ1v) is 8.27. The summed E-state index contributed by atoms with van der Waals surface area (Å²) in [4.78, 5) is 0. The number of hydrogen-bond donors (Lipinski definition) is 2. The first-order valence-electron chi connectivity index (χ1n) is 8.27. The van der Waals surface area contributed by atoms with Gasteiger partial charge in [0.1, 0.15) is 0 Å². The fraction of sp³-hybridized carbons (Fsp3) is 1.00. The van der Waals surface area contributed by atoms with Gasteiger partial charge < -0.3 is 19.9 Å². The van der Waals surface area contributed by atoms with Gasteiger partial charge in [-0.1, -0.05) is 26.2 Å². The Balaban J connectivity index is 2.02. The van der Waals surface area contributed by atoms with E-state index >= 15 is 0 Å². The molecule has 4 heteroatoms. The molecule has 0 bridgehead atoms. The molecule has 4 nitrogen and oxygen atoms in total. The summed E-state index contributed by atoms with van der Waals surface area (Å²) >= 11 is 0. The van der Waals surface area contributed by atoms with E-state index in [1.807, 2.05) is 0 Å². The molecule has 0 aromatic carbocycles. The lowest BCUT2D eigenvalue weighted by molar-refractivity contribution is -0.0498. The Kier molecular flexibility index (Phi) is 10.3. The zero-order valence-corrected chi connectivity index (χ0v) is 13.3. The molecule has 0 heterocycles. The molecule has 3 atom stereocenters. The van der Waals surface area contributed by atoms with Crippen LogP contribution >= 0.6 is 0 Å². The summed E-state index contributed by atoms with van der Waals surface area (Å²) in [5.41, 5.74) is 0. The van der Waals surface area contributed by atoms with E-state index in [0.29, 0.717) is 25.2 Å². The lowest BCUT2D eigenvalue weighted by Gasteiger charge is -2.31. The lowest BCUT2D eigenvalue weighted by atomic mass is 9.85. The Morgan fingerprint density at radius 3 is 2.80 bits per heavy atom. The first-order chi connectivity index (χ1) is 9.77. The maximum absolute atomic E-state index is 9.93. The highest BCUT2D eigenvalue weighted by Gasteiger charge is 2.24. The van der Waals surface area contributed by atoms with E-state index in [2.05, 4.69) is 12.2 Å². The Hall–Kier alpha value is -0.160. The van der Waals surface area contributed by atoms with E-state index in [-0.39, 0.29) is 0 Å². The molecule has 0 aromatic rings. The van der Waals surface area contributed by atoms with Crippen LogP contribution < -0.4 is 5.32 Å². The molecule has 1 rings (SSSR count). The maximum Gasteiger partial charge on any atom is 0.0897 e. The van der Waals surface area contributed by atoms with Gasteiger partial charge in [-0.2, -0.15) is 0 Å². The number of hydrogen-bond acceptors (Lipinski definition) is 4. The van der Waals surface area contributed by atoms with E-state index < -0.39 is 6.10 Å². The van der Waals surface area contributed by atoms with E-state index in [0.717, 1.165) is 32.4 Å². The van der Waals surface area contributed by atoms with Crippen molar-refractivity contribution in [1.29, 1.82) is 0 Å². The SMILES string of the molecule is CCC1CCCCC1OCC(O)CNCCCCOC. The second kappa shape index (κ2) is 11.5. The van der Waals surface area contributed by atoms with Gasteiger partial charge in [-0.15, -0.1) is 0 Å². The second-order valence-corrected chi connectivity index (χ2v) is 5.88. The molecule has 120 valence electrons. The zero-order valence-electron chi connectivity index (χ0n) is 13.3. The number of rotatable bonds is 11. The third-order valence-electron chi connectivity index (χ3n) is 4.20. The van der Waals surface area contributed by atoms with Crippen molar-refractivity contribution in [1.82, 2.24) is 5.32 Å². The van der Waals surface area contributed by atoms with Gasteiger partial charge in [0.05, 0.1) is 18.8 Å². The van der Waals surface area contributed by atoms with Crippen molar-refractivity contribution in [3.05, 3.63) is 0 Å².